The zero-order valence-electron chi connectivity index (χ0n) is 10.2. The van der Waals surface area contributed by atoms with E-state index in [9.17, 15) is 4.39 Å². The van der Waals surface area contributed by atoms with Gasteiger partial charge in [-0.25, -0.2) is 4.39 Å². The summed E-state index contributed by atoms with van der Waals surface area (Å²) in [5.74, 6) is 0.303. The number of nitrogens with one attached hydrogen (secondary N) is 1. The van der Waals surface area contributed by atoms with Crippen molar-refractivity contribution in [2.75, 3.05) is 12.5 Å². The molecule has 0 bridgehead atoms. The Morgan fingerprint density at radius 1 is 1.26 bits per heavy atom. The van der Waals surface area contributed by atoms with Crippen molar-refractivity contribution in [3.8, 4) is 5.75 Å². The Balaban J connectivity index is 2.04. The predicted molar refractivity (Wildman–Crippen MR) is 75.6 cm³/mol. The zero-order valence-corrected chi connectivity index (χ0v) is 11.0. The summed E-state index contributed by atoms with van der Waals surface area (Å²) in [6.07, 6.45) is 1.53. The number of anilines is 1. The van der Waals surface area contributed by atoms with Crippen LogP contribution in [0, 0.1) is 5.82 Å². The maximum Gasteiger partial charge on any atom is 0.137 e. The molecule has 0 aromatic heterocycles. The van der Waals surface area contributed by atoms with E-state index < -0.39 is 0 Å². The SMILES string of the molecule is COc1ccc(N/N=C/c2cccc(F)c2)cc1Cl. The average Bonchev–Trinajstić information content (AvgIpc) is 2.39. The van der Waals surface area contributed by atoms with Gasteiger partial charge in [0.2, 0.25) is 0 Å². The van der Waals surface area contributed by atoms with Gasteiger partial charge in [-0.2, -0.15) is 5.10 Å². The van der Waals surface area contributed by atoms with Crippen LogP contribution in [0.15, 0.2) is 47.6 Å². The van der Waals surface area contributed by atoms with Crippen LogP contribution in [0.3, 0.4) is 0 Å². The minimum atomic E-state index is -0.295. The Morgan fingerprint density at radius 2 is 2.11 bits per heavy atom. The minimum absolute atomic E-state index is 0.295. The van der Waals surface area contributed by atoms with Crippen molar-refractivity contribution >= 4 is 23.5 Å². The Hall–Kier alpha value is -2.07. The molecule has 5 heteroatoms. The van der Waals surface area contributed by atoms with E-state index in [1.54, 1.807) is 37.4 Å². The number of ether oxygens (including phenoxy) is 1. The third-order valence-corrected chi connectivity index (χ3v) is 2.70. The van der Waals surface area contributed by atoms with Gasteiger partial charge in [0.05, 0.1) is 24.0 Å². The number of methoxy groups -OCH3 is 1. The lowest BCUT2D eigenvalue weighted by molar-refractivity contribution is 0.415. The molecule has 0 heterocycles. The van der Waals surface area contributed by atoms with Crippen molar-refractivity contribution in [2.24, 2.45) is 5.10 Å². The van der Waals surface area contributed by atoms with Gasteiger partial charge in [0.25, 0.3) is 0 Å². The van der Waals surface area contributed by atoms with Gasteiger partial charge in [0, 0.05) is 0 Å². The van der Waals surface area contributed by atoms with Crippen LogP contribution in [-0.2, 0) is 0 Å². The third-order valence-electron chi connectivity index (χ3n) is 2.41. The number of hydrogen-bond donors (Lipinski definition) is 1. The summed E-state index contributed by atoms with van der Waals surface area (Å²) >= 11 is 5.98. The van der Waals surface area contributed by atoms with Crippen LogP contribution in [0.2, 0.25) is 5.02 Å². The molecular weight excluding hydrogens is 267 g/mol. The van der Waals surface area contributed by atoms with Gasteiger partial charge in [-0.15, -0.1) is 0 Å². The molecule has 3 nitrogen and oxygen atoms in total. The molecular formula is C14H12ClFN2O. The maximum atomic E-state index is 12.9. The molecule has 1 N–H and O–H groups in total. The molecule has 0 aliphatic carbocycles. The van der Waals surface area contributed by atoms with Gasteiger partial charge in [0.1, 0.15) is 11.6 Å². The van der Waals surface area contributed by atoms with Crippen molar-refractivity contribution < 1.29 is 9.13 Å². The van der Waals surface area contributed by atoms with E-state index in [1.807, 2.05) is 0 Å². The Kier molecular flexibility index (Phi) is 4.36. The van der Waals surface area contributed by atoms with Crippen LogP contribution in [0.1, 0.15) is 5.56 Å². The summed E-state index contributed by atoms with van der Waals surface area (Å²) in [5, 5.41) is 4.50. The van der Waals surface area contributed by atoms with Crippen molar-refractivity contribution in [3.63, 3.8) is 0 Å². The monoisotopic (exact) mass is 278 g/mol. The van der Waals surface area contributed by atoms with Crippen LogP contribution in [-0.4, -0.2) is 13.3 Å². The molecule has 0 radical (unpaired) electrons. The van der Waals surface area contributed by atoms with Gasteiger partial charge in [-0.05, 0) is 35.9 Å². The van der Waals surface area contributed by atoms with Crippen molar-refractivity contribution in [2.45, 2.75) is 0 Å². The number of hydrogen-bond acceptors (Lipinski definition) is 3. The lowest BCUT2D eigenvalue weighted by Crippen LogP contribution is -1.92. The summed E-state index contributed by atoms with van der Waals surface area (Å²) in [6, 6.07) is 11.4. The zero-order chi connectivity index (χ0) is 13.7. The van der Waals surface area contributed by atoms with E-state index in [0.29, 0.717) is 16.3 Å². The van der Waals surface area contributed by atoms with E-state index in [4.69, 9.17) is 16.3 Å². The highest BCUT2D eigenvalue weighted by molar-refractivity contribution is 6.32. The number of rotatable bonds is 4. The first-order valence-corrected chi connectivity index (χ1v) is 5.95. The van der Waals surface area contributed by atoms with E-state index in [0.717, 1.165) is 5.69 Å². The maximum absolute atomic E-state index is 12.9. The predicted octanol–water partition coefficient (Wildman–Crippen LogP) is 3.93. The number of halogens is 2. The smallest absolute Gasteiger partial charge is 0.137 e. The van der Waals surface area contributed by atoms with Crippen LogP contribution in [0.25, 0.3) is 0 Å². The molecule has 2 rings (SSSR count). The normalized spacial score (nSPS) is 10.7. The van der Waals surface area contributed by atoms with E-state index in [-0.39, 0.29) is 5.82 Å². The van der Waals surface area contributed by atoms with E-state index in [1.165, 1.54) is 18.3 Å². The highest BCUT2D eigenvalue weighted by atomic mass is 35.5. The fraction of sp³-hybridized carbons (Fsp3) is 0.0714. The van der Waals surface area contributed by atoms with Crippen LogP contribution in [0.4, 0.5) is 10.1 Å². The second-order valence-corrected chi connectivity index (χ2v) is 4.18. The van der Waals surface area contributed by atoms with Crippen LogP contribution < -0.4 is 10.2 Å². The molecule has 0 atom stereocenters. The summed E-state index contributed by atoms with van der Waals surface area (Å²) in [7, 11) is 1.55. The standard InChI is InChI=1S/C14H12ClFN2O/c1-19-14-6-5-12(8-13(14)15)18-17-9-10-3-2-4-11(16)7-10/h2-9,18H,1H3/b17-9+. The largest absolute Gasteiger partial charge is 0.495 e. The highest BCUT2D eigenvalue weighted by Gasteiger charge is 2.00. The third kappa shape index (κ3) is 3.69. The fourth-order valence-electron chi connectivity index (χ4n) is 1.50. The Morgan fingerprint density at radius 3 is 2.79 bits per heavy atom. The highest BCUT2D eigenvalue weighted by Crippen LogP contribution is 2.27. The molecule has 98 valence electrons. The van der Waals surface area contributed by atoms with Gasteiger partial charge in [-0.1, -0.05) is 23.7 Å². The van der Waals surface area contributed by atoms with Crippen molar-refractivity contribution in [1.29, 1.82) is 0 Å². The van der Waals surface area contributed by atoms with Crippen molar-refractivity contribution in [3.05, 3.63) is 58.9 Å². The van der Waals surface area contributed by atoms with Crippen molar-refractivity contribution in [1.82, 2.24) is 0 Å². The first-order chi connectivity index (χ1) is 9.19. The molecule has 0 aliphatic heterocycles. The number of benzene rings is 2. The van der Waals surface area contributed by atoms with Gasteiger partial charge >= 0.3 is 0 Å². The minimum Gasteiger partial charge on any atom is -0.495 e. The molecule has 2 aromatic carbocycles. The molecule has 0 fully saturated rings. The molecule has 19 heavy (non-hydrogen) atoms. The number of nitrogens with zero attached hydrogens (tertiary/aromatic N) is 1. The van der Waals surface area contributed by atoms with E-state index >= 15 is 0 Å². The summed E-state index contributed by atoms with van der Waals surface area (Å²) in [4.78, 5) is 0. The summed E-state index contributed by atoms with van der Waals surface area (Å²) in [6.45, 7) is 0. The van der Waals surface area contributed by atoms with E-state index in [2.05, 4.69) is 10.5 Å². The molecule has 0 unspecified atom stereocenters. The Bertz CT molecular complexity index is 602. The summed E-state index contributed by atoms with van der Waals surface area (Å²) < 4.78 is 18.0. The van der Waals surface area contributed by atoms with Gasteiger partial charge in [0.15, 0.2) is 0 Å². The Labute approximate surface area is 115 Å². The number of hydrazone groups is 1. The molecule has 0 saturated carbocycles. The van der Waals surface area contributed by atoms with Gasteiger partial charge < -0.3 is 4.74 Å². The fourth-order valence-corrected chi connectivity index (χ4v) is 1.76. The molecule has 0 amide bonds. The molecule has 0 spiro atoms. The van der Waals surface area contributed by atoms with Crippen LogP contribution in [0.5, 0.6) is 5.75 Å². The molecule has 0 saturated heterocycles. The summed E-state index contributed by atoms with van der Waals surface area (Å²) in [5.41, 5.74) is 4.21. The first kappa shape index (κ1) is 13.4. The second kappa shape index (κ2) is 6.20. The average molecular weight is 279 g/mol. The van der Waals surface area contributed by atoms with Crippen LogP contribution >= 0.6 is 11.6 Å². The quantitative estimate of drug-likeness (QED) is 0.679. The van der Waals surface area contributed by atoms with Gasteiger partial charge in [-0.3, -0.25) is 5.43 Å². The lowest BCUT2D eigenvalue weighted by Gasteiger charge is -2.05. The first-order valence-electron chi connectivity index (χ1n) is 5.57. The second-order valence-electron chi connectivity index (χ2n) is 3.77. The topological polar surface area (TPSA) is 33.6 Å². The molecule has 2 aromatic rings. The lowest BCUT2D eigenvalue weighted by atomic mass is 10.2. The molecule has 0 aliphatic rings.